The minimum atomic E-state index is -0.391. The van der Waals surface area contributed by atoms with Gasteiger partial charge >= 0.3 is 0 Å². The average Bonchev–Trinajstić information content (AvgIpc) is 2.17. The molecule has 0 heterocycles. The quantitative estimate of drug-likeness (QED) is 0.690. The van der Waals surface area contributed by atoms with E-state index in [2.05, 4.69) is 19.2 Å². The molecule has 0 rings (SSSR count). The second-order valence-corrected chi connectivity index (χ2v) is 4.44. The third-order valence-electron chi connectivity index (χ3n) is 1.99. The molecular formula is C12H25NO3. The van der Waals surface area contributed by atoms with Gasteiger partial charge in [-0.25, -0.2) is 0 Å². The van der Waals surface area contributed by atoms with Crippen LogP contribution in [0.3, 0.4) is 0 Å². The number of nitrogens with one attached hydrogen (secondary N) is 1. The van der Waals surface area contributed by atoms with Crippen molar-refractivity contribution in [3.05, 3.63) is 0 Å². The second kappa shape index (κ2) is 8.53. The van der Waals surface area contributed by atoms with Gasteiger partial charge in [0, 0.05) is 19.3 Å². The maximum absolute atomic E-state index is 11.5. The lowest BCUT2D eigenvalue weighted by Gasteiger charge is -2.18. The number of ether oxygens (including phenoxy) is 2. The summed E-state index contributed by atoms with van der Waals surface area (Å²) in [7, 11) is 0. The Hall–Kier alpha value is -0.610. The molecule has 2 atom stereocenters. The fourth-order valence-corrected chi connectivity index (χ4v) is 1.21. The maximum Gasteiger partial charge on any atom is 0.249 e. The van der Waals surface area contributed by atoms with Crippen molar-refractivity contribution < 1.29 is 14.3 Å². The lowest BCUT2D eigenvalue weighted by atomic mass is 10.2. The van der Waals surface area contributed by atoms with Crippen molar-refractivity contribution in [1.29, 1.82) is 0 Å². The van der Waals surface area contributed by atoms with Gasteiger partial charge < -0.3 is 14.8 Å². The lowest BCUT2D eigenvalue weighted by Crippen LogP contribution is -2.42. The summed E-state index contributed by atoms with van der Waals surface area (Å²) in [4.78, 5) is 11.5. The molecule has 0 spiro atoms. The van der Waals surface area contributed by atoms with Crippen LogP contribution in [0, 0.1) is 5.92 Å². The molecule has 0 bridgehead atoms. The summed E-state index contributed by atoms with van der Waals surface area (Å²) >= 11 is 0. The van der Waals surface area contributed by atoms with E-state index >= 15 is 0 Å². The van der Waals surface area contributed by atoms with E-state index in [-0.39, 0.29) is 11.9 Å². The van der Waals surface area contributed by atoms with Crippen LogP contribution in [0.25, 0.3) is 0 Å². The van der Waals surface area contributed by atoms with Gasteiger partial charge in [-0.15, -0.1) is 0 Å². The Morgan fingerprint density at radius 3 is 2.31 bits per heavy atom. The standard InChI is InChI=1S/C12H25NO3/c1-6-16-11(5)12(14)13-10(4)8-15-7-9(2)3/h9-11H,6-8H2,1-5H3,(H,13,14)/t10-,11+/m1/s1. The first kappa shape index (κ1) is 15.4. The van der Waals surface area contributed by atoms with Crippen LogP contribution in [0.1, 0.15) is 34.6 Å². The molecule has 0 radical (unpaired) electrons. The zero-order valence-corrected chi connectivity index (χ0v) is 11.1. The third-order valence-corrected chi connectivity index (χ3v) is 1.99. The predicted octanol–water partition coefficient (Wildman–Crippen LogP) is 1.59. The second-order valence-electron chi connectivity index (χ2n) is 4.44. The molecule has 0 saturated carbocycles. The first-order chi connectivity index (χ1) is 7.47. The molecule has 0 saturated heterocycles. The fourth-order valence-electron chi connectivity index (χ4n) is 1.21. The Labute approximate surface area is 98.7 Å². The third kappa shape index (κ3) is 7.65. The zero-order valence-electron chi connectivity index (χ0n) is 11.1. The van der Waals surface area contributed by atoms with Crippen molar-refractivity contribution in [1.82, 2.24) is 5.32 Å². The molecular weight excluding hydrogens is 206 g/mol. The predicted molar refractivity (Wildman–Crippen MR) is 64.3 cm³/mol. The van der Waals surface area contributed by atoms with Crippen molar-refractivity contribution in [3.8, 4) is 0 Å². The average molecular weight is 231 g/mol. The highest BCUT2D eigenvalue weighted by Gasteiger charge is 2.14. The van der Waals surface area contributed by atoms with Gasteiger partial charge in [0.15, 0.2) is 0 Å². The largest absolute Gasteiger partial charge is 0.379 e. The van der Waals surface area contributed by atoms with E-state index in [1.54, 1.807) is 6.92 Å². The first-order valence-corrected chi connectivity index (χ1v) is 5.97. The van der Waals surface area contributed by atoms with Crippen LogP contribution < -0.4 is 5.32 Å². The van der Waals surface area contributed by atoms with Crippen LogP contribution in [0.15, 0.2) is 0 Å². The topological polar surface area (TPSA) is 47.6 Å². The Bertz CT molecular complexity index is 195. The fraction of sp³-hybridized carbons (Fsp3) is 0.917. The van der Waals surface area contributed by atoms with Gasteiger partial charge in [-0.2, -0.15) is 0 Å². The number of hydrogen-bond donors (Lipinski definition) is 1. The normalized spacial score (nSPS) is 14.9. The smallest absolute Gasteiger partial charge is 0.249 e. The summed E-state index contributed by atoms with van der Waals surface area (Å²) in [5, 5.41) is 2.85. The summed E-state index contributed by atoms with van der Waals surface area (Å²) in [5.74, 6) is 0.438. The van der Waals surface area contributed by atoms with E-state index in [1.807, 2.05) is 13.8 Å². The van der Waals surface area contributed by atoms with Gasteiger partial charge in [0.1, 0.15) is 6.10 Å². The summed E-state index contributed by atoms with van der Waals surface area (Å²) < 4.78 is 10.6. The van der Waals surface area contributed by atoms with Crippen molar-refractivity contribution in [2.75, 3.05) is 19.8 Å². The molecule has 96 valence electrons. The number of carbonyl (C=O) groups is 1. The summed E-state index contributed by atoms with van der Waals surface area (Å²) in [6.45, 7) is 11.6. The molecule has 1 amide bonds. The highest BCUT2D eigenvalue weighted by Crippen LogP contribution is 1.96. The molecule has 0 aromatic rings. The van der Waals surface area contributed by atoms with Crippen LogP contribution in [0.5, 0.6) is 0 Å². The Balaban J connectivity index is 3.69. The van der Waals surface area contributed by atoms with E-state index in [0.29, 0.717) is 19.1 Å². The summed E-state index contributed by atoms with van der Waals surface area (Å²) in [6, 6.07) is 0.0224. The van der Waals surface area contributed by atoms with E-state index in [9.17, 15) is 4.79 Å². The van der Waals surface area contributed by atoms with Crippen LogP contribution in [0.2, 0.25) is 0 Å². The number of amides is 1. The van der Waals surface area contributed by atoms with Crippen molar-refractivity contribution >= 4 is 5.91 Å². The molecule has 1 N–H and O–H groups in total. The summed E-state index contributed by atoms with van der Waals surface area (Å²) in [5.41, 5.74) is 0. The van der Waals surface area contributed by atoms with Gasteiger partial charge in [0.2, 0.25) is 5.91 Å². The van der Waals surface area contributed by atoms with E-state index in [0.717, 1.165) is 6.61 Å². The molecule has 16 heavy (non-hydrogen) atoms. The molecule has 0 unspecified atom stereocenters. The number of carbonyl (C=O) groups excluding carboxylic acids is 1. The summed E-state index contributed by atoms with van der Waals surface area (Å²) in [6.07, 6.45) is -0.391. The highest BCUT2D eigenvalue weighted by atomic mass is 16.5. The van der Waals surface area contributed by atoms with Crippen molar-refractivity contribution in [2.45, 2.75) is 46.8 Å². The minimum absolute atomic E-state index is 0.0224. The Kier molecular flexibility index (Phi) is 8.21. The molecule has 4 nitrogen and oxygen atoms in total. The monoisotopic (exact) mass is 231 g/mol. The van der Waals surface area contributed by atoms with Gasteiger partial charge in [0.05, 0.1) is 6.61 Å². The van der Waals surface area contributed by atoms with Gasteiger partial charge in [0.25, 0.3) is 0 Å². The molecule has 0 aromatic heterocycles. The first-order valence-electron chi connectivity index (χ1n) is 5.97. The SMILES string of the molecule is CCO[C@@H](C)C(=O)N[C@H](C)COCC(C)C. The Morgan fingerprint density at radius 1 is 1.19 bits per heavy atom. The van der Waals surface area contributed by atoms with E-state index in [4.69, 9.17) is 9.47 Å². The van der Waals surface area contributed by atoms with E-state index < -0.39 is 6.10 Å². The molecule has 0 aromatic carbocycles. The molecule has 0 aliphatic carbocycles. The molecule has 4 heteroatoms. The Morgan fingerprint density at radius 2 is 1.81 bits per heavy atom. The van der Waals surface area contributed by atoms with Gasteiger partial charge in [-0.1, -0.05) is 13.8 Å². The number of rotatable bonds is 8. The zero-order chi connectivity index (χ0) is 12.6. The lowest BCUT2D eigenvalue weighted by molar-refractivity contribution is -0.132. The maximum atomic E-state index is 11.5. The van der Waals surface area contributed by atoms with Crippen LogP contribution in [0.4, 0.5) is 0 Å². The van der Waals surface area contributed by atoms with Crippen LogP contribution in [-0.4, -0.2) is 37.9 Å². The van der Waals surface area contributed by atoms with Crippen molar-refractivity contribution in [3.63, 3.8) is 0 Å². The number of hydrogen-bond acceptors (Lipinski definition) is 3. The van der Waals surface area contributed by atoms with Gasteiger partial charge in [-0.3, -0.25) is 4.79 Å². The van der Waals surface area contributed by atoms with Crippen LogP contribution >= 0.6 is 0 Å². The van der Waals surface area contributed by atoms with Crippen molar-refractivity contribution in [2.24, 2.45) is 5.92 Å². The molecule has 0 fully saturated rings. The molecule has 0 aliphatic heterocycles. The van der Waals surface area contributed by atoms with Gasteiger partial charge in [-0.05, 0) is 26.7 Å². The van der Waals surface area contributed by atoms with E-state index in [1.165, 1.54) is 0 Å². The minimum Gasteiger partial charge on any atom is -0.379 e. The highest BCUT2D eigenvalue weighted by molar-refractivity contribution is 5.80. The van der Waals surface area contributed by atoms with Crippen LogP contribution in [-0.2, 0) is 14.3 Å². The molecule has 0 aliphatic rings.